The van der Waals surface area contributed by atoms with Crippen molar-refractivity contribution in [3.05, 3.63) is 23.9 Å². The van der Waals surface area contributed by atoms with Crippen molar-refractivity contribution in [3.63, 3.8) is 0 Å². The lowest BCUT2D eigenvalue weighted by atomic mass is 9.98. The van der Waals surface area contributed by atoms with Crippen molar-refractivity contribution >= 4 is 0 Å². The molecule has 12 heavy (non-hydrogen) atoms. The third-order valence-corrected chi connectivity index (χ3v) is 1.85. The van der Waals surface area contributed by atoms with E-state index in [0.29, 0.717) is 5.92 Å². The largest absolute Gasteiger partial charge is 0.394 e. The van der Waals surface area contributed by atoms with Gasteiger partial charge in [0, 0.05) is 7.05 Å². The summed E-state index contributed by atoms with van der Waals surface area (Å²) in [6.45, 7) is 6.71. The van der Waals surface area contributed by atoms with Crippen molar-refractivity contribution in [2.75, 3.05) is 7.05 Å². The van der Waals surface area contributed by atoms with Crippen molar-refractivity contribution in [1.82, 2.24) is 5.32 Å². The van der Waals surface area contributed by atoms with Crippen LogP contribution in [0.3, 0.4) is 0 Å². The van der Waals surface area contributed by atoms with Gasteiger partial charge in [0.15, 0.2) is 0 Å². The second-order valence-electron chi connectivity index (χ2n) is 3.29. The van der Waals surface area contributed by atoms with Crippen LogP contribution in [0, 0.1) is 5.92 Å². The van der Waals surface area contributed by atoms with Gasteiger partial charge in [0.25, 0.3) is 0 Å². The zero-order valence-corrected chi connectivity index (χ0v) is 8.72. The Bertz CT molecular complexity index is 154. The minimum Gasteiger partial charge on any atom is -0.394 e. The summed E-state index contributed by atoms with van der Waals surface area (Å²) in [7, 11) is 1.92. The van der Waals surface area contributed by atoms with E-state index < -0.39 is 0 Å². The van der Waals surface area contributed by atoms with Crippen LogP contribution in [-0.4, -0.2) is 7.05 Å². The molecule has 1 heteroatoms. The molecule has 0 fully saturated rings. The van der Waals surface area contributed by atoms with Crippen LogP contribution in [0.25, 0.3) is 0 Å². The minimum atomic E-state index is 0.673. The summed E-state index contributed by atoms with van der Waals surface area (Å²) in [6, 6.07) is 0. The Morgan fingerprint density at radius 2 is 2.08 bits per heavy atom. The van der Waals surface area contributed by atoms with E-state index in [1.54, 1.807) is 0 Å². The van der Waals surface area contributed by atoms with Gasteiger partial charge >= 0.3 is 0 Å². The highest BCUT2D eigenvalue weighted by atomic mass is 14.8. The zero-order valence-electron chi connectivity index (χ0n) is 8.72. The summed E-state index contributed by atoms with van der Waals surface area (Å²) in [4.78, 5) is 0. The van der Waals surface area contributed by atoms with Gasteiger partial charge in [-0.1, -0.05) is 38.8 Å². The van der Waals surface area contributed by atoms with E-state index in [1.807, 2.05) is 13.2 Å². The standard InChI is InChI=1S/C11H21N/c1-5-7-11(10(2)3)8-6-9-12-4/h6,8-10,12H,5,7H2,1-4H3/b9-6-,11-8+. The van der Waals surface area contributed by atoms with Crippen molar-refractivity contribution < 1.29 is 0 Å². The molecular weight excluding hydrogens is 146 g/mol. The average Bonchev–Trinajstić information content (AvgIpc) is 2.03. The lowest BCUT2D eigenvalue weighted by molar-refractivity contribution is 0.702. The third kappa shape index (κ3) is 5.00. The van der Waals surface area contributed by atoms with E-state index >= 15 is 0 Å². The van der Waals surface area contributed by atoms with Gasteiger partial charge in [0.1, 0.15) is 0 Å². The van der Waals surface area contributed by atoms with Crippen molar-refractivity contribution in [3.8, 4) is 0 Å². The van der Waals surface area contributed by atoms with Crippen LogP contribution in [0.1, 0.15) is 33.6 Å². The normalized spacial score (nSPS) is 12.9. The van der Waals surface area contributed by atoms with E-state index in [0.717, 1.165) is 0 Å². The monoisotopic (exact) mass is 167 g/mol. The molecule has 1 N–H and O–H groups in total. The van der Waals surface area contributed by atoms with Crippen LogP contribution in [0.4, 0.5) is 0 Å². The van der Waals surface area contributed by atoms with E-state index in [-0.39, 0.29) is 0 Å². The first kappa shape index (κ1) is 11.3. The molecule has 1 nitrogen and oxygen atoms in total. The molecule has 0 aliphatic carbocycles. The first-order valence-corrected chi connectivity index (χ1v) is 4.75. The van der Waals surface area contributed by atoms with Crippen LogP contribution in [0.15, 0.2) is 23.9 Å². The molecule has 0 aromatic rings. The Morgan fingerprint density at radius 1 is 1.42 bits per heavy atom. The first-order chi connectivity index (χ1) is 5.72. The number of hydrogen-bond donors (Lipinski definition) is 1. The second kappa shape index (κ2) is 6.96. The van der Waals surface area contributed by atoms with Crippen LogP contribution >= 0.6 is 0 Å². The number of rotatable bonds is 5. The van der Waals surface area contributed by atoms with Gasteiger partial charge in [0.2, 0.25) is 0 Å². The highest BCUT2D eigenvalue weighted by Crippen LogP contribution is 2.15. The fourth-order valence-electron chi connectivity index (χ4n) is 1.12. The van der Waals surface area contributed by atoms with Crippen molar-refractivity contribution in [1.29, 1.82) is 0 Å². The highest BCUT2D eigenvalue weighted by Gasteiger charge is 1.99. The fraction of sp³-hybridized carbons (Fsp3) is 0.636. The highest BCUT2D eigenvalue weighted by molar-refractivity contribution is 5.13. The maximum absolute atomic E-state index is 2.98. The Kier molecular flexibility index (Phi) is 6.54. The summed E-state index contributed by atoms with van der Waals surface area (Å²) in [6.07, 6.45) is 8.69. The molecule has 0 radical (unpaired) electrons. The predicted octanol–water partition coefficient (Wildman–Crippen LogP) is 3.10. The van der Waals surface area contributed by atoms with Crippen LogP contribution in [0.5, 0.6) is 0 Å². The van der Waals surface area contributed by atoms with Gasteiger partial charge < -0.3 is 5.32 Å². The van der Waals surface area contributed by atoms with E-state index in [2.05, 4.69) is 38.2 Å². The Hall–Kier alpha value is -0.720. The van der Waals surface area contributed by atoms with E-state index in [9.17, 15) is 0 Å². The van der Waals surface area contributed by atoms with Gasteiger partial charge in [-0.05, 0) is 24.6 Å². The topological polar surface area (TPSA) is 12.0 Å². The SMILES string of the molecule is CCC/C(=C\C=C/NC)C(C)C. The molecule has 0 saturated carbocycles. The minimum absolute atomic E-state index is 0.673. The summed E-state index contributed by atoms with van der Waals surface area (Å²) >= 11 is 0. The Balaban J connectivity index is 4.08. The third-order valence-electron chi connectivity index (χ3n) is 1.85. The molecule has 0 aromatic heterocycles. The molecule has 0 spiro atoms. The predicted molar refractivity (Wildman–Crippen MR) is 56.0 cm³/mol. The molecule has 0 amide bonds. The number of hydrogen-bond acceptors (Lipinski definition) is 1. The summed E-state index contributed by atoms with van der Waals surface area (Å²) < 4.78 is 0. The van der Waals surface area contributed by atoms with E-state index in [1.165, 1.54) is 18.4 Å². The maximum Gasteiger partial charge on any atom is 0.00277 e. The molecule has 0 bridgehead atoms. The van der Waals surface area contributed by atoms with E-state index in [4.69, 9.17) is 0 Å². The molecule has 0 aliphatic heterocycles. The lowest BCUT2D eigenvalue weighted by Crippen LogP contribution is -1.94. The van der Waals surface area contributed by atoms with Gasteiger partial charge in [-0.2, -0.15) is 0 Å². The molecule has 0 saturated heterocycles. The van der Waals surface area contributed by atoms with Gasteiger partial charge in [-0.15, -0.1) is 0 Å². The number of nitrogens with one attached hydrogen (secondary N) is 1. The zero-order chi connectivity index (χ0) is 9.40. The average molecular weight is 167 g/mol. The molecule has 0 heterocycles. The van der Waals surface area contributed by atoms with Crippen molar-refractivity contribution in [2.24, 2.45) is 5.92 Å². The fourth-order valence-corrected chi connectivity index (χ4v) is 1.12. The summed E-state index contributed by atoms with van der Waals surface area (Å²) in [5.74, 6) is 0.673. The molecule has 0 atom stereocenters. The first-order valence-electron chi connectivity index (χ1n) is 4.75. The summed E-state index contributed by atoms with van der Waals surface area (Å²) in [5, 5.41) is 2.98. The van der Waals surface area contributed by atoms with Crippen LogP contribution in [0.2, 0.25) is 0 Å². The quantitative estimate of drug-likeness (QED) is 0.620. The van der Waals surface area contributed by atoms with Crippen molar-refractivity contribution in [2.45, 2.75) is 33.6 Å². The molecule has 0 aromatic carbocycles. The smallest absolute Gasteiger partial charge is 0.00277 e. The van der Waals surface area contributed by atoms with Crippen LogP contribution < -0.4 is 5.32 Å². The Morgan fingerprint density at radius 3 is 2.50 bits per heavy atom. The molecule has 0 aliphatic rings. The summed E-state index contributed by atoms with van der Waals surface area (Å²) in [5.41, 5.74) is 1.53. The number of allylic oxidation sites excluding steroid dienone is 3. The molecular formula is C11H21N. The van der Waals surface area contributed by atoms with Gasteiger partial charge in [-0.25, -0.2) is 0 Å². The Labute approximate surface area is 76.6 Å². The molecule has 0 unspecified atom stereocenters. The van der Waals surface area contributed by atoms with Crippen LogP contribution in [-0.2, 0) is 0 Å². The lowest BCUT2D eigenvalue weighted by Gasteiger charge is -2.08. The van der Waals surface area contributed by atoms with Gasteiger partial charge in [-0.3, -0.25) is 0 Å². The molecule has 70 valence electrons. The van der Waals surface area contributed by atoms with Gasteiger partial charge in [0.05, 0.1) is 0 Å². The second-order valence-corrected chi connectivity index (χ2v) is 3.29. The maximum atomic E-state index is 2.98. The molecule has 0 rings (SSSR count).